The lowest BCUT2D eigenvalue weighted by atomic mass is 10.1. The van der Waals surface area contributed by atoms with Gasteiger partial charge in [-0.15, -0.1) is 12.4 Å². The van der Waals surface area contributed by atoms with Gasteiger partial charge in [0.1, 0.15) is 0 Å². The molecular formula is C15H21ClN4OS. The van der Waals surface area contributed by atoms with E-state index in [0.717, 1.165) is 23.2 Å². The zero-order chi connectivity index (χ0) is 14.8. The first-order valence-electron chi connectivity index (χ1n) is 7.25. The normalized spacial score (nSPS) is 21.7. The number of aromatic nitrogens is 1. The highest BCUT2D eigenvalue weighted by Crippen LogP contribution is 2.26. The van der Waals surface area contributed by atoms with Crippen LogP contribution in [0.25, 0.3) is 10.2 Å². The highest BCUT2D eigenvalue weighted by Gasteiger charge is 2.29. The van der Waals surface area contributed by atoms with Crippen LogP contribution in [-0.2, 0) is 4.79 Å². The van der Waals surface area contributed by atoms with Gasteiger partial charge in [0.05, 0.1) is 16.8 Å². The monoisotopic (exact) mass is 340 g/mol. The Labute approximate surface area is 140 Å². The number of para-hydroxylation sites is 1. The standard InChI is InChI=1S/C15H20N4OS.ClH/c1-10-6-11(7-16)8-19(10)9-14(20)18-15-17-12-4-2-3-5-13(12)21-15;/h2-5,10-11H,6-9,16H2,1H3,(H,17,18,20);1H. The van der Waals surface area contributed by atoms with Crippen LogP contribution < -0.4 is 11.1 Å². The highest BCUT2D eigenvalue weighted by molar-refractivity contribution is 7.22. The van der Waals surface area contributed by atoms with E-state index in [-0.39, 0.29) is 18.3 Å². The van der Waals surface area contributed by atoms with Gasteiger partial charge in [-0.2, -0.15) is 0 Å². The SMILES string of the molecule is CC1CC(CN)CN1CC(=O)Nc1nc2ccccc2s1.Cl. The number of rotatable bonds is 4. The Balaban J connectivity index is 0.00000176. The summed E-state index contributed by atoms with van der Waals surface area (Å²) in [4.78, 5) is 18.8. The molecule has 5 nitrogen and oxygen atoms in total. The Hall–Kier alpha value is -1.21. The minimum Gasteiger partial charge on any atom is -0.330 e. The van der Waals surface area contributed by atoms with Gasteiger partial charge in [0, 0.05) is 12.6 Å². The molecule has 0 bridgehead atoms. The third-order valence-electron chi connectivity index (χ3n) is 4.01. The zero-order valence-electron chi connectivity index (χ0n) is 12.5. The summed E-state index contributed by atoms with van der Waals surface area (Å²) in [5, 5.41) is 3.58. The third-order valence-corrected chi connectivity index (χ3v) is 4.96. The summed E-state index contributed by atoms with van der Waals surface area (Å²) in [6, 6.07) is 8.31. The predicted octanol–water partition coefficient (Wildman–Crippen LogP) is 2.33. The fourth-order valence-corrected chi connectivity index (χ4v) is 3.76. The highest BCUT2D eigenvalue weighted by atomic mass is 35.5. The summed E-state index contributed by atoms with van der Waals surface area (Å²) in [6.07, 6.45) is 1.07. The predicted molar refractivity (Wildman–Crippen MR) is 93.7 cm³/mol. The number of hydrogen-bond acceptors (Lipinski definition) is 5. The molecule has 2 unspecified atom stereocenters. The molecule has 1 saturated heterocycles. The maximum atomic E-state index is 12.2. The summed E-state index contributed by atoms with van der Waals surface area (Å²) in [5.41, 5.74) is 6.65. The largest absolute Gasteiger partial charge is 0.330 e. The molecule has 1 aliphatic heterocycles. The molecule has 0 radical (unpaired) electrons. The number of carbonyl (C=O) groups excluding carboxylic acids is 1. The van der Waals surface area contributed by atoms with Gasteiger partial charge in [0.2, 0.25) is 5.91 Å². The van der Waals surface area contributed by atoms with Gasteiger partial charge < -0.3 is 11.1 Å². The van der Waals surface area contributed by atoms with Gasteiger partial charge in [0.25, 0.3) is 0 Å². The van der Waals surface area contributed by atoms with Crippen molar-refractivity contribution in [2.24, 2.45) is 11.7 Å². The van der Waals surface area contributed by atoms with Crippen molar-refractivity contribution in [2.45, 2.75) is 19.4 Å². The Kier molecular flexibility index (Phi) is 5.74. The van der Waals surface area contributed by atoms with Crippen molar-refractivity contribution in [1.29, 1.82) is 0 Å². The molecule has 1 aromatic carbocycles. The molecule has 1 fully saturated rings. The molecule has 22 heavy (non-hydrogen) atoms. The molecule has 120 valence electrons. The van der Waals surface area contributed by atoms with Gasteiger partial charge in [0.15, 0.2) is 5.13 Å². The minimum absolute atomic E-state index is 0. The van der Waals surface area contributed by atoms with Crippen molar-refractivity contribution in [3.05, 3.63) is 24.3 Å². The molecule has 1 amide bonds. The summed E-state index contributed by atoms with van der Waals surface area (Å²) in [6.45, 7) is 4.17. The molecule has 3 N–H and O–H groups in total. The molecule has 2 aromatic rings. The van der Waals surface area contributed by atoms with E-state index in [4.69, 9.17) is 5.73 Å². The molecule has 3 rings (SSSR count). The summed E-state index contributed by atoms with van der Waals surface area (Å²) in [5.74, 6) is 0.508. The molecule has 1 aromatic heterocycles. The van der Waals surface area contributed by atoms with Crippen molar-refractivity contribution < 1.29 is 4.79 Å². The number of likely N-dealkylation sites (tertiary alicyclic amines) is 1. The van der Waals surface area contributed by atoms with Crippen LogP contribution in [0.2, 0.25) is 0 Å². The van der Waals surface area contributed by atoms with E-state index in [1.165, 1.54) is 11.3 Å². The fourth-order valence-electron chi connectivity index (χ4n) is 2.88. The average Bonchev–Trinajstić information content (AvgIpc) is 3.02. The van der Waals surface area contributed by atoms with Crippen molar-refractivity contribution >= 4 is 45.0 Å². The van der Waals surface area contributed by atoms with Crippen LogP contribution in [0.15, 0.2) is 24.3 Å². The molecular weight excluding hydrogens is 320 g/mol. The number of thiazole rings is 1. The molecule has 1 aliphatic rings. The van der Waals surface area contributed by atoms with Crippen LogP contribution in [-0.4, -0.2) is 41.5 Å². The molecule has 2 atom stereocenters. The number of hydrogen-bond donors (Lipinski definition) is 2. The first-order chi connectivity index (χ1) is 10.2. The summed E-state index contributed by atoms with van der Waals surface area (Å²) < 4.78 is 1.09. The van der Waals surface area contributed by atoms with Crippen molar-refractivity contribution in [2.75, 3.05) is 25.0 Å². The van der Waals surface area contributed by atoms with Crippen molar-refractivity contribution in [3.8, 4) is 0 Å². The number of carbonyl (C=O) groups is 1. The summed E-state index contributed by atoms with van der Waals surface area (Å²) in [7, 11) is 0. The Bertz CT molecular complexity index is 614. The number of anilines is 1. The van der Waals surface area contributed by atoms with Gasteiger partial charge in [-0.1, -0.05) is 23.5 Å². The number of nitrogens with one attached hydrogen (secondary N) is 1. The number of fused-ring (bicyclic) bond motifs is 1. The van der Waals surface area contributed by atoms with Crippen molar-refractivity contribution in [1.82, 2.24) is 9.88 Å². The molecule has 0 spiro atoms. The van der Waals surface area contributed by atoms with Crippen molar-refractivity contribution in [3.63, 3.8) is 0 Å². The average molecular weight is 341 g/mol. The number of benzene rings is 1. The zero-order valence-corrected chi connectivity index (χ0v) is 14.1. The van der Waals surface area contributed by atoms with Crippen LogP contribution in [0.4, 0.5) is 5.13 Å². The van der Waals surface area contributed by atoms with E-state index < -0.39 is 0 Å². The van der Waals surface area contributed by atoms with Gasteiger partial charge in [-0.25, -0.2) is 4.98 Å². The van der Waals surface area contributed by atoms with E-state index in [0.29, 0.717) is 30.2 Å². The third kappa shape index (κ3) is 3.76. The van der Waals surface area contributed by atoms with E-state index >= 15 is 0 Å². The second kappa shape index (κ2) is 7.37. The molecule has 0 aliphatic carbocycles. The van der Waals surface area contributed by atoms with Crippen LogP contribution in [0.5, 0.6) is 0 Å². The van der Waals surface area contributed by atoms with Gasteiger partial charge in [-0.05, 0) is 37.9 Å². The Morgan fingerprint density at radius 2 is 2.27 bits per heavy atom. The number of halogens is 1. The first kappa shape index (κ1) is 17.1. The minimum atomic E-state index is -0.00132. The second-order valence-electron chi connectivity index (χ2n) is 5.65. The lowest BCUT2D eigenvalue weighted by Crippen LogP contribution is -2.35. The summed E-state index contributed by atoms with van der Waals surface area (Å²) >= 11 is 1.51. The quantitative estimate of drug-likeness (QED) is 0.896. The van der Waals surface area contributed by atoms with Gasteiger partial charge >= 0.3 is 0 Å². The number of amides is 1. The maximum Gasteiger partial charge on any atom is 0.240 e. The van der Waals surface area contributed by atoms with E-state index in [1.54, 1.807) is 0 Å². The maximum absolute atomic E-state index is 12.2. The molecule has 2 heterocycles. The van der Waals surface area contributed by atoms with Crippen LogP contribution in [0.3, 0.4) is 0 Å². The number of nitrogens with two attached hydrogens (primary N) is 1. The Morgan fingerprint density at radius 1 is 1.50 bits per heavy atom. The van der Waals surface area contributed by atoms with E-state index in [2.05, 4.69) is 22.1 Å². The second-order valence-corrected chi connectivity index (χ2v) is 6.68. The fraction of sp³-hybridized carbons (Fsp3) is 0.467. The van der Waals surface area contributed by atoms with E-state index in [9.17, 15) is 4.79 Å². The molecule has 0 saturated carbocycles. The van der Waals surface area contributed by atoms with Gasteiger partial charge in [-0.3, -0.25) is 9.69 Å². The smallest absolute Gasteiger partial charge is 0.240 e. The Morgan fingerprint density at radius 3 is 2.95 bits per heavy atom. The van der Waals surface area contributed by atoms with Crippen LogP contribution in [0.1, 0.15) is 13.3 Å². The topological polar surface area (TPSA) is 71.2 Å². The molecule has 7 heteroatoms. The number of nitrogens with zero attached hydrogens (tertiary/aromatic N) is 2. The van der Waals surface area contributed by atoms with Crippen LogP contribution >= 0.6 is 23.7 Å². The van der Waals surface area contributed by atoms with E-state index in [1.807, 2.05) is 24.3 Å². The van der Waals surface area contributed by atoms with Crippen LogP contribution in [0, 0.1) is 5.92 Å². The first-order valence-corrected chi connectivity index (χ1v) is 8.07. The lowest BCUT2D eigenvalue weighted by Gasteiger charge is -2.19. The lowest BCUT2D eigenvalue weighted by molar-refractivity contribution is -0.117.